The van der Waals surface area contributed by atoms with Gasteiger partial charge in [0.15, 0.2) is 0 Å². The van der Waals surface area contributed by atoms with Gasteiger partial charge in [0.05, 0.1) is 41.6 Å². The molecule has 0 saturated heterocycles. The molecule has 3 atom stereocenters. The molecule has 3 aromatic rings. The van der Waals surface area contributed by atoms with E-state index < -0.39 is 10.3 Å². The summed E-state index contributed by atoms with van der Waals surface area (Å²) in [6, 6.07) is 3.91. The number of aromatic nitrogens is 4. The molecule has 0 amide bonds. The summed E-state index contributed by atoms with van der Waals surface area (Å²) in [6.07, 6.45) is 4.92. The van der Waals surface area contributed by atoms with E-state index in [0.29, 0.717) is 35.8 Å². The summed E-state index contributed by atoms with van der Waals surface area (Å²) in [7, 11) is -3.96. The van der Waals surface area contributed by atoms with Crippen LogP contribution in [0, 0.1) is 12.8 Å². The third-order valence-electron chi connectivity index (χ3n) is 6.24. The van der Waals surface area contributed by atoms with Gasteiger partial charge in [-0.15, -0.1) is 11.3 Å². The maximum absolute atomic E-state index is 13.4. The summed E-state index contributed by atoms with van der Waals surface area (Å²) in [4.78, 5) is 22.3. The summed E-state index contributed by atoms with van der Waals surface area (Å²) in [5.74, 6) is 0.344. The number of nitrogens with one attached hydrogen (secondary N) is 1. The van der Waals surface area contributed by atoms with Crippen LogP contribution in [0.5, 0.6) is 0 Å². The highest BCUT2D eigenvalue weighted by atomic mass is 32.2. The summed E-state index contributed by atoms with van der Waals surface area (Å²) >= 11 is 1.36. The van der Waals surface area contributed by atoms with Gasteiger partial charge in [-0.25, -0.2) is 15.1 Å². The zero-order valence-corrected chi connectivity index (χ0v) is 20.7. The Bertz CT molecular complexity index is 1340. The van der Waals surface area contributed by atoms with Crippen LogP contribution in [0.25, 0.3) is 0 Å². The number of hydrogen-bond donors (Lipinski definition) is 2. The number of rotatable bonds is 8. The van der Waals surface area contributed by atoms with E-state index in [9.17, 15) is 13.2 Å². The van der Waals surface area contributed by atoms with Crippen LogP contribution in [0.2, 0.25) is 0 Å². The maximum Gasteiger partial charge on any atom is 0.333 e. The summed E-state index contributed by atoms with van der Waals surface area (Å²) in [5.41, 5.74) is 3.22. The highest BCUT2D eigenvalue weighted by molar-refractivity contribution is 7.84. The lowest BCUT2D eigenvalue weighted by molar-refractivity contribution is 0.0424. The van der Waals surface area contributed by atoms with Crippen molar-refractivity contribution < 1.29 is 22.1 Å². The predicted molar refractivity (Wildman–Crippen MR) is 128 cm³/mol. The third-order valence-corrected chi connectivity index (χ3v) is 7.65. The normalized spacial score (nSPS) is 22.2. The fourth-order valence-corrected chi connectivity index (χ4v) is 5.92. The van der Waals surface area contributed by atoms with Crippen molar-refractivity contribution in [3.63, 3.8) is 0 Å². The van der Waals surface area contributed by atoms with Gasteiger partial charge in [-0.2, -0.15) is 13.5 Å². The molecule has 1 aliphatic heterocycles. The molecule has 1 unspecified atom stereocenters. The quantitative estimate of drug-likeness (QED) is 0.428. The SMILES string of the molecule is Cc1cc2n(n1)CCOC2c1csc(C(=O)c2cncnc2N[C@H]2CC[C@@H](COS(N)(=O)=O)C2)c1. The third kappa shape index (κ3) is 5.43. The lowest BCUT2D eigenvalue weighted by atomic mass is 10.1. The smallest absolute Gasteiger partial charge is 0.333 e. The molecule has 0 bridgehead atoms. The van der Waals surface area contributed by atoms with E-state index in [1.165, 1.54) is 23.9 Å². The van der Waals surface area contributed by atoms with Crippen LogP contribution in [-0.2, 0) is 25.8 Å². The molecule has 3 N–H and O–H groups in total. The molecule has 11 nitrogen and oxygen atoms in total. The van der Waals surface area contributed by atoms with Crippen molar-refractivity contribution in [2.75, 3.05) is 18.5 Å². The van der Waals surface area contributed by atoms with Crippen molar-refractivity contribution in [3.8, 4) is 0 Å². The van der Waals surface area contributed by atoms with Crippen molar-refractivity contribution in [3.05, 3.63) is 57.4 Å². The topological polar surface area (TPSA) is 151 Å². The van der Waals surface area contributed by atoms with Gasteiger partial charge < -0.3 is 10.1 Å². The van der Waals surface area contributed by atoms with Gasteiger partial charge in [0.25, 0.3) is 0 Å². The number of fused-ring (bicyclic) bond motifs is 1. The Hall–Kier alpha value is -2.71. The van der Waals surface area contributed by atoms with Crippen molar-refractivity contribution >= 4 is 33.2 Å². The summed E-state index contributed by atoms with van der Waals surface area (Å²) in [5, 5.41) is 14.7. The Kier molecular flexibility index (Phi) is 6.68. The number of nitrogens with zero attached hydrogens (tertiary/aromatic N) is 4. The summed E-state index contributed by atoms with van der Waals surface area (Å²) in [6.45, 7) is 3.27. The average molecular weight is 519 g/mol. The van der Waals surface area contributed by atoms with E-state index >= 15 is 0 Å². The average Bonchev–Trinajstić information content (AvgIpc) is 3.56. The molecule has 4 heterocycles. The van der Waals surface area contributed by atoms with Gasteiger partial charge in [-0.3, -0.25) is 13.7 Å². The molecule has 2 aliphatic rings. The number of aryl methyl sites for hydroxylation is 1. The lowest BCUT2D eigenvalue weighted by Crippen LogP contribution is -2.22. The van der Waals surface area contributed by atoms with E-state index in [4.69, 9.17) is 14.1 Å². The second kappa shape index (κ2) is 9.74. The largest absolute Gasteiger partial charge is 0.367 e. The molecule has 1 fully saturated rings. The number of ether oxygens (including phenoxy) is 1. The van der Waals surface area contributed by atoms with Gasteiger partial charge in [0.2, 0.25) is 5.78 Å². The standard InChI is InChI=1S/C22H26N6O5S2/c1-13-6-18-21(32-5-4-28(18)27-13)15-8-19(34-11-15)20(29)17-9-24-12-25-22(17)26-16-3-2-14(7-16)10-33-35(23,30)31/h6,8-9,11-12,14,16,21H,2-5,7,10H2,1H3,(H2,23,30,31)(H,24,25,26)/t14-,16+,21?/m1/s1. The molecule has 13 heteroatoms. The van der Waals surface area contributed by atoms with Crippen LogP contribution in [0.4, 0.5) is 5.82 Å². The van der Waals surface area contributed by atoms with E-state index in [1.54, 1.807) is 0 Å². The first kappa shape index (κ1) is 24.0. The van der Waals surface area contributed by atoms with Gasteiger partial charge in [0, 0.05) is 12.2 Å². The Labute approximate surface area is 206 Å². The number of ketones is 1. The van der Waals surface area contributed by atoms with Crippen LogP contribution < -0.4 is 10.5 Å². The zero-order valence-electron chi connectivity index (χ0n) is 19.1. The molecule has 0 aromatic carbocycles. The monoisotopic (exact) mass is 518 g/mol. The number of carbonyl (C=O) groups excluding carboxylic acids is 1. The van der Waals surface area contributed by atoms with Gasteiger partial charge in [-0.05, 0) is 55.2 Å². The molecule has 186 valence electrons. The lowest BCUT2D eigenvalue weighted by Gasteiger charge is -2.23. The molecule has 0 radical (unpaired) electrons. The van der Waals surface area contributed by atoms with Gasteiger partial charge >= 0.3 is 10.3 Å². The Morgan fingerprint density at radius 1 is 1.37 bits per heavy atom. The second-order valence-corrected chi connectivity index (χ2v) is 11.0. The first-order valence-electron chi connectivity index (χ1n) is 11.3. The first-order valence-corrected chi connectivity index (χ1v) is 13.6. The Balaban J connectivity index is 1.29. The molecule has 1 aliphatic carbocycles. The number of thiophene rings is 1. The van der Waals surface area contributed by atoms with Crippen LogP contribution in [0.3, 0.4) is 0 Å². The minimum absolute atomic E-state index is 0.0311. The zero-order chi connectivity index (χ0) is 24.6. The first-order chi connectivity index (χ1) is 16.8. The van der Waals surface area contributed by atoms with Gasteiger partial charge in [-0.1, -0.05) is 0 Å². The minimum atomic E-state index is -3.96. The van der Waals surface area contributed by atoms with Crippen molar-refractivity contribution in [2.24, 2.45) is 11.1 Å². The molecule has 5 rings (SSSR count). The number of nitrogens with two attached hydrogens (primary N) is 1. The van der Waals surface area contributed by atoms with Gasteiger partial charge in [0.1, 0.15) is 18.2 Å². The van der Waals surface area contributed by atoms with Crippen LogP contribution in [-0.4, -0.2) is 53.2 Å². The molecule has 1 saturated carbocycles. The van der Waals surface area contributed by atoms with Crippen molar-refractivity contribution in [2.45, 2.75) is 44.9 Å². The highest BCUT2D eigenvalue weighted by Crippen LogP contribution is 2.34. The predicted octanol–water partition coefficient (Wildman–Crippen LogP) is 2.19. The fourth-order valence-electron chi connectivity index (χ4n) is 4.66. The number of carbonyl (C=O) groups is 1. The van der Waals surface area contributed by atoms with E-state index in [0.717, 1.165) is 29.8 Å². The van der Waals surface area contributed by atoms with E-state index in [-0.39, 0.29) is 30.5 Å². The molecular formula is C22H26N6O5S2. The number of hydrogen-bond acceptors (Lipinski definition) is 10. The maximum atomic E-state index is 13.4. The van der Waals surface area contributed by atoms with E-state index in [1.807, 2.05) is 29.1 Å². The Morgan fingerprint density at radius 3 is 3.06 bits per heavy atom. The molecular weight excluding hydrogens is 492 g/mol. The van der Waals surface area contributed by atoms with Crippen molar-refractivity contribution in [1.29, 1.82) is 0 Å². The van der Waals surface area contributed by atoms with Crippen LogP contribution >= 0.6 is 11.3 Å². The summed E-state index contributed by atoms with van der Waals surface area (Å²) < 4.78 is 34.8. The van der Waals surface area contributed by atoms with Crippen molar-refractivity contribution in [1.82, 2.24) is 19.7 Å². The fraction of sp³-hybridized carbons (Fsp3) is 0.455. The second-order valence-electron chi connectivity index (χ2n) is 8.84. The van der Waals surface area contributed by atoms with Crippen LogP contribution in [0.15, 0.2) is 30.0 Å². The highest BCUT2D eigenvalue weighted by Gasteiger charge is 2.29. The number of anilines is 1. The van der Waals surface area contributed by atoms with E-state index in [2.05, 4.69) is 20.4 Å². The molecule has 3 aromatic heterocycles. The van der Waals surface area contributed by atoms with Crippen LogP contribution in [0.1, 0.15) is 57.6 Å². The molecule has 35 heavy (non-hydrogen) atoms. The Morgan fingerprint density at radius 2 is 2.23 bits per heavy atom. The molecule has 0 spiro atoms. The minimum Gasteiger partial charge on any atom is -0.367 e.